The minimum absolute atomic E-state index is 0.132. The second kappa shape index (κ2) is 7.11. The highest BCUT2D eigenvalue weighted by molar-refractivity contribution is 7.09. The number of carbonyl (C=O) groups is 2. The number of nitrogens with zero attached hydrogens (tertiary/aromatic N) is 2. The normalized spacial score (nSPS) is 17.8. The van der Waals surface area contributed by atoms with Gasteiger partial charge >= 0.3 is 5.97 Å². The molecule has 1 amide bonds. The quantitative estimate of drug-likeness (QED) is 0.870. The van der Waals surface area contributed by atoms with E-state index in [1.165, 1.54) is 0 Å². The van der Waals surface area contributed by atoms with Gasteiger partial charge in [0.15, 0.2) is 0 Å². The molecule has 2 N–H and O–H groups in total. The zero-order valence-corrected chi connectivity index (χ0v) is 14.2. The average Bonchev–Trinajstić information content (AvgIpc) is 3.16. The Morgan fingerprint density at radius 2 is 2.29 bits per heavy atom. The molecule has 1 aromatic heterocycles. The topological polar surface area (TPSA) is 82.5 Å². The molecule has 126 valence electrons. The lowest BCUT2D eigenvalue weighted by atomic mass is 10.1. The molecule has 7 heteroatoms. The number of carboxylic acid groups (broad SMARTS) is 1. The van der Waals surface area contributed by atoms with Gasteiger partial charge in [0.05, 0.1) is 23.2 Å². The van der Waals surface area contributed by atoms with Crippen molar-refractivity contribution in [3.63, 3.8) is 0 Å². The van der Waals surface area contributed by atoms with Gasteiger partial charge in [-0.25, -0.2) is 4.98 Å². The molecule has 1 saturated heterocycles. The van der Waals surface area contributed by atoms with Crippen molar-refractivity contribution in [2.24, 2.45) is 5.92 Å². The standard InChI is InChI=1S/C17H19N3O3S/c1-11-18-15(10-24-11)12-3-2-4-14(7-12)19-16(21)9-20-6-5-13(8-20)17(22)23/h2-4,7,10,13H,5-6,8-9H2,1H3,(H,19,21)(H,22,23). The van der Waals surface area contributed by atoms with E-state index in [1.54, 1.807) is 11.3 Å². The van der Waals surface area contributed by atoms with Gasteiger partial charge < -0.3 is 10.4 Å². The molecule has 0 aliphatic carbocycles. The zero-order chi connectivity index (χ0) is 17.1. The second-order valence-corrected chi connectivity index (χ2v) is 7.00. The maximum absolute atomic E-state index is 12.2. The average molecular weight is 345 g/mol. The van der Waals surface area contributed by atoms with Gasteiger partial charge in [0.2, 0.25) is 5.91 Å². The highest BCUT2D eigenvalue weighted by Gasteiger charge is 2.28. The molecular formula is C17H19N3O3S. The molecule has 0 spiro atoms. The summed E-state index contributed by atoms with van der Waals surface area (Å²) in [6.45, 7) is 3.24. The first-order chi connectivity index (χ1) is 11.5. The molecule has 1 atom stereocenters. The number of carbonyl (C=O) groups excluding carboxylic acids is 1. The summed E-state index contributed by atoms with van der Waals surface area (Å²) >= 11 is 1.59. The number of aryl methyl sites for hydroxylation is 1. The molecular weight excluding hydrogens is 326 g/mol. The summed E-state index contributed by atoms with van der Waals surface area (Å²) in [6, 6.07) is 7.58. The highest BCUT2D eigenvalue weighted by atomic mass is 32.1. The Balaban J connectivity index is 1.60. The molecule has 24 heavy (non-hydrogen) atoms. The van der Waals surface area contributed by atoms with Crippen LogP contribution in [-0.2, 0) is 9.59 Å². The van der Waals surface area contributed by atoms with Gasteiger partial charge in [0, 0.05) is 23.2 Å². The minimum atomic E-state index is -0.788. The Bertz CT molecular complexity index is 759. The van der Waals surface area contributed by atoms with E-state index in [9.17, 15) is 9.59 Å². The molecule has 1 fully saturated rings. The van der Waals surface area contributed by atoms with E-state index in [4.69, 9.17) is 5.11 Å². The van der Waals surface area contributed by atoms with Crippen LogP contribution in [0.1, 0.15) is 11.4 Å². The van der Waals surface area contributed by atoms with Crippen LogP contribution < -0.4 is 5.32 Å². The van der Waals surface area contributed by atoms with Gasteiger partial charge in [-0.05, 0) is 32.0 Å². The largest absolute Gasteiger partial charge is 0.481 e. The third-order valence-electron chi connectivity index (χ3n) is 4.05. The Morgan fingerprint density at radius 3 is 2.96 bits per heavy atom. The van der Waals surface area contributed by atoms with Crippen molar-refractivity contribution < 1.29 is 14.7 Å². The number of hydrogen-bond acceptors (Lipinski definition) is 5. The van der Waals surface area contributed by atoms with Crippen molar-refractivity contribution in [2.45, 2.75) is 13.3 Å². The van der Waals surface area contributed by atoms with E-state index < -0.39 is 5.97 Å². The molecule has 3 rings (SSSR count). The van der Waals surface area contributed by atoms with Crippen LogP contribution in [0.4, 0.5) is 5.69 Å². The van der Waals surface area contributed by atoms with Crippen LogP contribution in [0.25, 0.3) is 11.3 Å². The predicted molar refractivity (Wildman–Crippen MR) is 93.1 cm³/mol. The summed E-state index contributed by atoms with van der Waals surface area (Å²) in [6.07, 6.45) is 0.598. The van der Waals surface area contributed by atoms with Gasteiger partial charge in [0.1, 0.15) is 0 Å². The summed E-state index contributed by atoms with van der Waals surface area (Å²) in [5.74, 6) is -1.29. The van der Waals surface area contributed by atoms with Gasteiger partial charge in [-0.1, -0.05) is 12.1 Å². The SMILES string of the molecule is Cc1nc(-c2cccc(NC(=O)CN3CCC(C(=O)O)C3)c2)cs1. The molecule has 1 aliphatic rings. The fourth-order valence-electron chi connectivity index (χ4n) is 2.83. The smallest absolute Gasteiger partial charge is 0.307 e. The fraction of sp³-hybridized carbons (Fsp3) is 0.353. The third-order valence-corrected chi connectivity index (χ3v) is 4.82. The van der Waals surface area contributed by atoms with E-state index >= 15 is 0 Å². The van der Waals surface area contributed by atoms with Crippen LogP contribution in [0.3, 0.4) is 0 Å². The first-order valence-corrected chi connectivity index (χ1v) is 8.67. The number of carboxylic acids is 1. The number of anilines is 1. The van der Waals surface area contributed by atoms with Crippen molar-refractivity contribution in [1.82, 2.24) is 9.88 Å². The van der Waals surface area contributed by atoms with Crippen molar-refractivity contribution >= 4 is 28.9 Å². The molecule has 0 radical (unpaired) electrons. The van der Waals surface area contributed by atoms with Crippen molar-refractivity contribution in [3.05, 3.63) is 34.7 Å². The van der Waals surface area contributed by atoms with Crippen LogP contribution >= 0.6 is 11.3 Å². The monoisotopic (exact) mass is 345 g/mol. The molecule has 2 heterocycles. The molecule has 0 bridgehead atoms. The lowest BCUT2D eigenvalue weighted by Crippen LogP contribution is -2.32. The van der Waals surface area contributed by atoms with Crippen LogP contribution in [0.2, 0.25) is 0 Å². The Hall–Kier alpha value is -2.25. The lowest BCUT2D eigenvalue weighted by molar-refractivity contribution is -0.141. The van der Waals surface area contributed by atoms with Gasteiger partial charge in [-0.3, -0.25) is 14.5 Å². The molecule has 0 saturated carbocycles. The third kappa shape index (κ3) is 3.98. The first-order valence-electron chi connectivity index (χ1n) is 7.79. The summed E-state index contributed by atoms with van der Waals surface area (Å²) in [5.41, 5.74) is 2.58. The molecule has 1 aromatic carbocycles. The lowest BCUT2D eigenvalue weighted by Gasteiger charge is -2.15. The summed E-state index contributed by atoms with van der Waals surface area (Å²) in [4.78, 5) is 29.5. The number of benzene rings is 1. The van der Waals surface area contributed by atoms with E-state index in [2.05, 4.69) is 10.3 Å². The number of nitrogens with one attached hydrogen (secondary N) is 1. The maximum Gasteiger partial charge on any atom is 0.307 e. The van der Waals surface area contributed by atoms with Gasteiger partial charge in [-0.15, -0.1) is 11.3 Å². The number of aromatic nitrogens is 1. The fourth-order valence-corrected chi connectivity index (χ4v) is 3.46. The Labute approximate surface area is 144 Å². The molecule has 2 aromatic rings. The van der Waals surface area contributed by atoms with E-state index in [-0.39, 0.29) is 18.4 Å². The predicted octanol–water partition coefficient (Wildman–Crippen LogP) is 2.46. The minimum Gasteiger partial charge on any atom is -0.481 e. The van der Waals surface area contributed by atoms with Crippen molar-refractivity contribution in [3.8, 4) is 11.3 Å². The molecule has 1 unspecified atom stereocenters. The van der Waals surface area contributed by atoms with Crippen LogP contribution in [0.5, 0.6) is 0 Å². The summed E-state index contributed by atoms with van der Waals surface area (Å²) in [5, 5.41) is 14.9. The second-order valence-electron chi connectivity index (χ2n) is 5.94. The molecule has 1 aliphatic heterocycles. The number of thiazole rings is 1. The summed E-state index contributed by atoms with van der Waals surface area (Å²) < 4.78 is 0. The number of rotatable bonds is 5. The van der Waals surface area contributed by atoms with Gasteiger partial charge in [-0.2, -0.15) is 0 Å². The van der Waals surface area contributed by atoms with Crippen LogP contribution in [0.15, 0.2) is 29.6 Å². The number of hydrogen-bond donors (Lipinski definition) is 2. The zero-order valence-electron chi connectivity index (χ0n) is 13.4. The molecule has 6 nitrogen and oxygen atoms in total. The maximum atomic E-state index is 12.2. The van der Waals surface area contributed by atoms with E-state index in [1.807, 2.05) is 41.5 Å². The Kier molecular flexibility index (Phi) is 4.92. The van der Waals surface area contributed by atoms with E-state index in [0.29, 0.717) is 19.5 Å². The van der Waals surface area contributed by atoms with E-state index in [0.717, 1.165) is 22.0 Å². The van der Waals surface area contributed by atoms with Crippen LogP contribution in [-0.4, -0.2) is 46.5 Å². The first kappa shape index (κ1) is 16.6. The van der Waals surface area contributed by atoms with Gasteiger partial charge in [0.25, 0.3) is 0 Å². The van der Waals surface area contributed by atoms with Crippen LogP contribution in [0, 0.1) is 12.8 Å². The number of likely N-dealkylation sites (tertiary alicyclic amines) is 1. The van der Waals surface area contributed by atoms with Crippen molar-refractivity contribution in [1.29, 1.82) is 0 Å². The highest BCUT2D eigenvalue weighted by Crippen LogP contribution is 2.24. The Morgan fingerprint density at radius 1 is 1.46 bits per heavy atom. The number of aliphatic carboxylic acids is 1. The summed E-state index contributed by atoms with van der Waals surface area (Å²) in [7, 11) is 0. The van der Waals surface area contributed by atoms with Crippen molar-refractivity contribution in [2.75, 3.05) is 25.0 Å². The number of amides is 1.